The van der Waals surface area contributed by atoms with Gasteiger partial charge in [-0.15, -0.1) is 0 Å². The number of nitrogens with one attached hydrogen (secondary N) is 1. The topological polar surface area (TPSA) is 81.7 Å². The van der Waals surface area contributed by atoms with E-state index in [2.05, 4.69) is 5.32 Å². The Labute approximate surface area is 207 Å². The number of benzene rings is 3. The van der Waals surface area contributed by atoms with Crippen molar-refractivity contribution in [2.75, 3.05) is 0 Å². The van der Waals surface area contributed by atoms with Crippen molar-refractivity contribution in [2.24, 2.45) is 0 Å². The number of ether oxygens (including phenoxy) is 2. The highest BCUT2D eigenvalue weighted by atomic mass is 35.5. The summed E-state index contributed by atoms with van der Waals surface area (Å²) in [5.74, 6) is -0.518. The standard InChI is InChI=1S/C27H23ClFNO5/c1-3-5-17-13-18(24(31)21-10-9-19(28)14-22(21)29)8-11-23(17)34-20-7-4-6-16(12-20)15-27(2)25(32)30-26(33)35-27/h4,6-14H,3,5,15H2,1-2H3,(H,30,32,33)/t27-/m1/s1. The van der Waals surface area contributed by atoms with Crippen LogP contribution in [0.5, 0.6) is 11.5 Å². The number of alkyl carbamates (subject to hydrolysis) is 1. The minimum atomic E-state index is -1.29. The van der Waals surface area contributed by atoms with E-state index < -0.39 is 29.2 Å². The number of ketones is 1. The lowest BCUT2D eigenvalue weighted by Gasteiger charge is -2.19. The second kappa shape index (κ2) is 9.88. The Morgan fingerprint density at radius 3 is 2.60 bits per heavy atom. The maximum atomic E-state index is 14.3. The molecular formula is C27H23ClFNO5. The Balaban J connectivity index is 1.57. The van der Waals surface area contributed by atoms with Crippen LogP contribution in [0.4, 0.5) is 9.18 Å². The summed E-state index contributed by atoms with van der Waals surface area (Å²) in [7, 11) is 0. The lowest BCUT2D eigenvalue weighted by molar-refractivity contribution is -0.129. The van der Waals surface area contributed by atoms with E-state index in [9.17, 15) is 18.8 Å². The smallest absolute Gasteiger partial charge is 0.415 e. The van der Waals surface area contributed by atoms with Crippen molar-refractivity contribution in [3.63, 3.8) is 0 Å². The molecule has 0 saturated carbocycles. The molecule has 1 fully saturated rings. The highest BCUT2D eigenvalue weighted by Gasteiger charge is 2.44. The highest BCUT2D eigenvalue weighted by molar-refractivity contribution is 6.30. The summed E-state index contributed by atoms with van der Waals surface area (Å²) < 4.78 is 25.5. The molecule has 6 nitrogen and oxygen atoms in total. The minimum absolute atomic E-state index is 0.0524. The van der Waals surface area contributed by atoms with Crippen LogP contribution >= 0.6 is 11.6 Å². The molecule has 1 heterocycles. The monoisotopic (exact) mass is 495 g/mol. The van der Waals surface area contributed by atoms with Crippen molar-refractivity contribution in [1.82, 2.24) is 5.32 Å². The Bertz CT molecular complexity index is 1320. The van der Waals surface area contributed by atoms with E-state index >= 15 is 0 Å². The summed E-state index contributed by atoms with van der Waals surface area (Å²) in [6, 6.07) is 16.1. The van der Waals surface area contributed by atoms with E-state index in [4.69, 9.17) is 21.1 Å². The Hall–Kier alpha value is -3.71. The Kier molecular flexibility index (Phi) is 6.89. The third kappa shape index (κ3) is 5.35. The molecule has 1 saturated heterocycles. The summed E-state index contributed by atoms with van der Waals surface area (Å²) in [6.07, 6.45) is 0.876. The van der Waals surface area contributed by atoms with Gasteiger partial charge < -0.3 is 9.47 Å². The predicted octanol–water partition coefficient (Wildman–Crippen LogP) is 6.02. The second-order valence-corrected chi connectivity index (χ2v) is 8.96. The van der Waals surface area contributed by atoms with Gasteiger partial charge in [-0.25, -0.2) is 9.18 Å². The third-order valence-electron chi connectivity index (χ3n) is 5.70. The number of imide groups is 1. The molecule has 3 aromatic rings. The zero-order chi connectivity index (χ0) is 25.2. The number of hydrogen-bond donors (Lipinski definition) is 1. The molecule has 1 atom stereocenters. The van der Waals surface area contributed by atoms with Crippen molar-refractivity contribution in [3.8, 4) is 11.5 Å². The third-order valence-corrected chi connectivity index (χ3v) is 5.93. The van der Waals surface area contributed by atoms with Gasteiger partial charge in [0.2, 0.25) is 0 Å². The Morgan fingerprint density at radius 2 is 1.91 bits per heavy atom. The molecular weight excluding hydrogens is 473 g/mol. The van der Waals surface area contributed by atoms with Gasteiger partial charge in [-0.1, -0.05) is 37.1 Å². The van der Waals surface area contributed by atoms with Gasteiger partial charge in [0.15, 0.2) is 11.4 Å². The molecule has 0 unspecified atom stereocenters. The molecule has 0 aromatic heterocycles. The van der Waals surface area contributed by atoms with Crippen LogP contribution in [-0.4, -0.2) is 23.4 Å². The zero-order valence-electron chi connectivity index (χ0n) is 19.2. The number of aryl methyl sites for hydroxylation is 1. The molecule has 0 aliphatic carbocycles. The molecule has 4 rings (SSSR count). The molecule has 1 N–H and O–H groups in total. The average Bonchev–Trinajstić information content (AvgIpc) is 3.05. The molecule has 0 spiro atoms. The van der Waals surface area contributed by atoms with Gasteiger partial charge >= 0.3 is 6.09 Å². The van der Waals surface area contributed by atoms with Gasteiger partial charge in [0.05, 0.1) is 5.56 Å². The van der Waals surface area contributed by atoms with Crippen LogP contribution < -0.4 is 10.1 Å². The number of carbonyl (C=O) groups excluding carboxylic acids is 3. The summed E-state index contributed by atoms with van der Waals surface area (Å²) in [4.78, 5) is 36.4. The number of hydrogen-bond acceptors (Lipinski definition) is 5. The molecule has 8 heteroatoms. The average molecular weight is 496 g/mol. The van der Waals surface area contributed by atoms with Crippen LogP contribution in [0, 0.1) is 5.82 Å². The maximum absolute atomic E-state index is 14.3. The molecule has 0 radical (unpaired) electrons. The normalized spacial score (nSPS) is 17.1. The molecule has 35 heavy (non-hydrogen) atoms. The van der Waals surface area contributed by atoms with Crippen molar-refractivity contribution >= 4 is 29.4 Å². The second-order valence-electron chi connectivity index (χ2n) is 8.53. The molecule has 180 valence electrons. The first kappa shape index (κ1) is 24.4. The minimum Gasteiger partial charge on any atom is -0.457 e. The number of carbonyl (C=O) groups is 3. The van der Waals surface area contributed by atoms with Gasteiger partial charge in [0.1, 0.15) is 17.3 Å². The summed E-state index contributed by atoms with van der Waals surface area (Å²) in [5, 5.41) is 2.37. The fourth-order valence-electron chi connectivity index (χ4n) is 3.97. The van der Waals surface area contributed by atoms with Gasteiger partial charge in [0.25, 0.3) is 5.91 Å². The van der Waals surface area contributed by atoms with Crippen LogP contribution in [-0.2, 0) is 22.4 Å². The van der Waals surface area contributed by atoms with E-state index in [1.54, 1.807) is 43.3 Å². The number of halogens is 2. The number of rotatable bonds is 8. The highest BCUT2D eigenvalue weighted by Crippen LogP contribution is 2.31. The molecule has 1 aliphatic rings. The quantitative estimate of drug-likeness (QED) is 0.386. The van der Waals surface area contributed by atoms with Gasteiger partial charge in [-0.2, -0.15) is 0 Å². The van der Waals surface area contributed by atoms with E-state index in [1.165, 1.54) is 12.1 Å². The van der Waals surface area contributed by atoms with Gasteiger partial charge in [-0.3, -0.25) is 14.9 Å². The molecule has 1 aliphatic heterocycles. The van der Waals surface area contributed by atoms with E-state index in [1.807, 2.05) is 13.0 Å². The maximum Gasteiger partial charge on any atom is 0.415 e. The number of cyclic esters (lactones) is 1. The van der Waals surface area contributed by atoms with Crippen LogP contribution in [0.15, 0.2) is 60.7 Å². The lowest BCUT2D eigenvalue weighted by atomic mass is 9.96. The molecule has 0 bridgehead atoms. The summed E-state index contributed by atoms with van der Waals surface area (Å²) >= 11 is 5.80. The SMILES string of the molecule is CCCc1cc(C(=O)c2ccc(Cl)cc2F)ccc1Oc1cccc(C[C@@]2(C)OC(=O)NC2=O)c1. The van der Waals surface area contributed by atoms with Crippen LogP contribution in [0.1, 0.15) is 47.3 Å². The molecule has 3 aromatic carbocycles. The van der Waals surface area contributed by atoms with E-state index in [-0.39, 0.29) is 17.0 Å². The van der Waals surface area contributed by atoms with Crippen LogP contribution in [0.3, 0.4) is 0 Å². The van der Waals surface area contributed by atoms with E-state index in [0.29, 0.717) is 23.5 Å². The summed E-state index contributed by atoms with van der Waals surface area (Å²) in [6.45, 7) is 3.56. The lowest BCUT2D eigenvalue weighted by Crippen LogP contribution is -2.38. The van der Waals surface area contributed by atoms with Gasteiger partial charge in [-0.05, 0) is 73.0 Å². The first-order chi connectivity index (χ1) is 16.7. The van der Waals surface area contributed by atoms with Crippen molar-refractivity contribution in [3.05, 3.63) is 93.8 Å². The van der Waals surface area contributed by atoms with E-state index in [0.717, 1.165) is 23.6 Å². The fraction of sp³-hybridized carbons (Fsp3) is 0.222. The van der Waals surface area contributed by atoms with Crippen molar-refractivity contribution in [2.45, 2.75) is 38.7 Å². The first-order valence-corrected chi connectivity index (χ1v) is 11.5. The van der Waals surface area contributed by atoms with Crippen molar-refractivity contribution < 1.29 is 28.2 Å². The van der Waals surface area contributed by atoms with Gasteiger partial charge in [0, 0.05) is 17.0 Å². The zero-order valence-corrected chi connectivity index (χ0v) is 19.9. The van der Waals surface area contributed by atoms with Crippen molar-refractivity contribution in [1.29, 1.82) is 0 Å². The predicted molar refractivity (Wildman–Crippen MR) is 129 cm³/mol. The first-order valence-electron chi connectivity index (χ1n) is 11.1. The molecule has 2 amide bonds. The van der Waals surface area contributed by atoms with Crippen LogP contribution in [0.25, 0.3) is 0 Å². The summed E-state index contributed by atoms with van der Waals surface area (Å²) in [5.41, 5.74) is 0.550. The Morgan fingerprint density at radius 1 is 1.11 bits per heavy atom. The fourth-order valence-corrected chi connectivity index (χ4v) is 4.13. The largest absolute Gasteiger partial charge is 0.457 e. The number of amides is 2. The van der Waals surface area contributed by atoms with Crippen LogP contribution in [0.2, 0.25) is 5.02 Å².